The van der Waals surface area contributed by atoms with Gasteiger partial charge in [-0.2, -0.15) is 0 Å². The van der Waals surface area contributed by atoms with E-state index in [1.807, 2.05) is 25.1 Å². The molecule has 3 N–H and O–H groups in total. The zero-order valence-electron chi connectivity index (χ0n) is 17.3. The summed E-state index contributed by atoms with van der Waals surface area (Å²) >= 11 is 0. The van der Waals surface area contributed by atoms with Crippen molar-refractivity contribution < 1.29 is 24.9 Å². The van der Waals surface area contributed by atoms with Crippen LogP contribution < -0.4 is 4.74 Å². The van der Waals surface area contributed by atoms with Gasteiger partial charge < -0.3 is 20.1 Å². The van der Waals surface area contributed by atoms with Crippen LogP contribution in [0.3, 0.4) is 0 Å². The van der Waals surface area contributed by atoms with Gasteiger partial charge in [0, 0.05) is 0 Å². The van der Waals surface area contributed by atoms with Crippen molar-refractivity contribution in [1.29, 1.82) is 0 Å². The topological polar surface area (TPSA) is 87.0 Å². The Morgan fingerprint density at radius 2 is 2.04 bits per heavy atom. The molecule has 0 radical (unpaired) electrons. The number of carboxylic acids is 1. The molecule has 1 fully saturated rings. The van der Waals surface area contributed by atoms with Gasteiger partial charge in [0.25, 0.3) is 0 Å². The number of benzene rings is 1. The fourth-order valence-electron chi connectivity index (χ4n) is 4.37. The highest BCUT2D eigenvalue weighted by molar-refractivity contribution is 5.68. The Labute approximate surface area is 168 Å². The lowest BCUT2D eigenvalue weighted by Crippen LogP contribution is -2.16. The molecule has 0 aliphatic heterocycles. The molecule has 0 saturated heterocycles. The van der Waals surface area contributed by atoms with Crippen LogP contribution in [0.15, 0.2) is 18.2 Å². The summed E-state index contributed by atoms with van der Waals surface area (Å²) in [5.74, 6) is 0.233. The van der Waals surface area contributed by atoms with Crippen LogP contribution in [0.5, 0.6) is 5.75 Å². The van der Waals surface area contributed by atoms with Gasteiger partial charge in [0.15, 0.2) is 6.61 Å². The molecule has 0 heterocycles. The van der Waals surface area contributed by atoms with Gasteiger partial charge in [0.1, 0.15) is 5.75 Å². The van der Waals surface area contributed by atoms with Gasteiger partial charge in [-0.1, -0.05) is 38.3 Å². The van der Waals surface area contributed by atoms with E-state index >= 15 is 0 Å². The molecule has 4 atom stereocenters. The summed E-state index contributed by atoms with van der Waals surface area (Å²) in [5, 5.41) is 29.5. The molecule has 0 amide bonds. The Bertz CT molecular complexity index is 615. The molecule has 28 heavy (non-hydrogen) atoms. The van der Waals surface area contributed by atoms with Gasteiger partial charge in [0.05, 0.1) is 12.2 Å². The van der Waals surface area contributed by atoms with Gasteiger partial charge in [-0.05, 0) is 74.5 Å². The molecule has 0 aromatic heterocycles. The largest absolute Gasteiger partial charge is 0.482 e. The first-order valence-electron chi connectivity index (χ1n) is 10.7. The van der Waals surface area contributed by atoms with Crippen molar-refractivity contribution in [3.05, 3.63) is 29.3 Å². The van der Waals surface area contributed by atoms with Crippen LogP contribution in [-0.4, -0.2) is 40.1 Å². The fraction of sp³-hybridized carbons (Fsp3) is 0.696. The van der Waals surface area contributed by atoms with E-state index in [2.05, 4.69) is 6.92 Å². The van der Waals surface area contributed by atoms with Crippen LogP contribution in [0.4, 0.5) is 0 Å². The quantitative estimate of drug-likeness (QED) is 0.466. The van der Waals surface area contributed by atoms with Crippen molar-refractivity contribution in [1.82, 2.24) is 0 Å². The Hall–Kier alpha value is -1.59. The smallest absolute Gasteiger partial charge is 0.341 e. The predicted molar refractivity (Wildman–Crippen MR) is 110 cm³/mol. The van der Waals surface area contributed by atoms with E-state index in [4.69, 9.17) is 9.84 Å². The second-order valence-corrected chi connectivity index (χ2v) is 8.33. The number of aryl methyl sites for hydroxylation is 1. The third kappa shape index (κ3) is 7.10. The highest BCUT2D eigenvalue weighted by Gasteiger charge is 2.33. The Kier molecular flexibility index (Phi) is 9.26. The summed E-state index contributed by atoms with van der Waals surface area (Å²) in [5.41, 5.74) is 2.13. The highest BCUT2D eigenvalue weighted by atomic mass is 16.5. The first kappa shape index (κ1) is 22.7. The number of hydrogen-bond donors (Lipinski definition) is 3. The van der Waals surface area contributed by atoms with Gasteiger partial charge >= 0.3 is 5.97 Å². The molecule has 5 heteroatoms. The summed E-state index contributed by atoms with van der Waals surface area (Å²) in [7, 11) is 0. The van der Waals surface area contributed by atoms with Crippen LogP contribution in [0.25, 0.3) is 0 Å². The number of unbranched alkanes of at least 4 members (excludes halogenated alkanes) is 2. The zero-order chi connectivity index (χ0) is 20.5. The lowest BCUT2D eigenvalue weighted by molar-refractivity contribution is -0.139. The van der Waals surface area contributed by atoms with E-state index < -0.39 is 5.97 Å². The van der Waals surface area contributed by atoms with Crippen molar-refractivity contribution in [2.24, 2.45) is 11.8 Å². The lowest BCUT2D eigenvalue weighted by Gasteiger charge is -2.17. The highest BCUT2D eigenvalue weighted by Crippen LogP contribution is 2.38. The zero-order valence-corrected chi connectivity index (χ0v) is 17.3. The molecule has 5 nitrogen and oxygen atoms in total. The molecule has 2 rings (SSSR count). The van der Waals surface area contributed by atoms with Crippen molar-refractivity contribution in [3.63, 3.8) is 0 Å². The number of rotatable bonds is 12. The van der Waals surface area contributed by atoms with E-state index in [0.717, 1.165) is 68.9 Å². The molecule has 0 spiro atoms. The first-order chi connectivity index (χ1) is 13.4. The van der Waals surface area contributed by atoms with Crippen molar-refractivity contribution in [2.75, 3.05) is 6.61 Å². The van der Waals surface area contributed by atoms with E-state index in [9.17, 15) is 15.0 Å². The number of aliphatic hydroxyl groups is 2. The van der Waals surface area contributed by atoms with Crippen LogP contribution in [0.1, 0.15) is 69.4 Å². The SMILES string of the molecule is CCCCC[C@H](O)CC[C@@H]1C[C@@H](Cc2c(C)cccc2OCC(=O)O)C[C@H]1O. The van der Waals surface area contributed by atoms with E-state index in [0.29, 0.717) is 11.7 Å². The number of hydrogen-bond acceptors (Lipinski definition) is 4. The summed E-state index contributed by atoms with van der Waals surface area (Å²) in [4.78, 5) is 10.8. The van der Waals surface area contributed by atoms with Crippen LogP contribution in [-0.2, 0) is 11.2 Å². The minimum absolute atomic E-state index is 0.234. The number of carbonyl (C=O) groups is 1. The minimum atomic E-state index is -0.985. The molecule has 1 aliphatic rings. The van der Waals surface area contributed by atoms with E-state index in [-0.39, 0.29) is 24.7 Å². The van der Waals surface area contributed by atoms with E-state index in [1.54, 1.807) is 0 Å². The fourth-order valence-corrected chi connectivity index (χ4v) is 4.37. The first-order valence-corrected chi connectivity index (χ1v) is 10.7. The van der Waals surface area contributed by atoms with Crippen LogP contribution in [0, 0.1) is 18.8 Å². The number of carboxylic acid groups (broad SMARTS) is 1. The molecular formula is C23H36O5. The van der Waals surface area contributed by atoms with Gasteiger partial charge in [0.2, 0.25) is 0 Å². The average molecular weight is 393 g/mol. The molecule has 1 aliphatic carbocycles. The number of aliphatic hydroxyl groups excluding tert-OH is 2. The van der Waals surface area contributed by atoms with Crippen molar-refractivity contribution >= 4 is 5.97 Å². The molecular weight excluding hydrogens is 356 g/mol. The van der Waals surface area contributed by atoms with Gasteiger partial charge in [-0.3, -0.25) is 0 Å². The maximum atomic E-state index is 10.8. The average Bonchev–Trinajstić information content (AvgIpc) is 3.00. The summed E-state index contributed by atoms with van der Waals surface area (Å²) in [6.07, 6.45) is 7.77. The molecule has 158 valence electrons. The standard InChI is InChI=1S/C23H36O5/c1-3-4-5-8-19(24)11-10-18-12-17(14-21(18)25)13-20-16(2)7-6-9-22(20)28-15-23(26)27/h6-7,9,17-19,21,24-25H,3-5,8,10-15H2,1-2H3,(H,26,27)/t17-,18+,19-,21+/m0/s1. The molecule has 1 aromatic carbocycles. The van der Waals surface area contributed by atoms with Crippen molar-refractivity contribution in [3.8, 4) is 5.75 Å². The number of ether oxygens (including phenoxy) is 1. The van der Waals surface area contributed by atoms with Gasteiger partial charge in [-0.25, -0.2) is 4.79 Å². The summed E-state index contributed by atoms with van der Waals surface area (Å²) in [6, 6.07) is 5.71. The maximum absolute atomic E-state index is 10.8. The normalized spacial score (nSPS) is 22.9. The predicted octanol–water partition coefficient (Wildman–Crippen LogP) is 4.11. The van der Waals surface area contributed by atoms with Crippen LogP contribution >= 0.6 is 0 Å². The van der Waals surface area contributed by atoms with Crippen LogP contribution in [0.2, 0.25) is 0 Å². The summed E-state index contributed by atoms with van der Waals surface area (Å²) in [6.45, 7) is 3.83. The summed E-state index contributed by atoms with van der Waals surface area (Å²) < 4.78 is 5.47. The number of aliphatic carboxylic acids is 1. The third-order valence-electron chi connectivity index (χ3n) is 5.98. The molecule has 0 unspecified atom stereocenters. The second kappa shape index (κ2) is 11.4. The van der Waals surface area contributed by atoms with E-state index in [1.165, 1.54) is 0 Å². The molecule has 0 bridgehead atoms. The minimum Gasteiger partial charge on any atom is -0.482 e. The lowest BCUT2D eigenvalue weighted by atomic mass is 9.91. The third-order valence-corrected chi connectivity index (χ3v) is 5.98. The molecule has 1 saturated carbocycles. The van der Waals surface area contributed by atoms with Crippen molar-refractivity contribution in [2.45, 2.75) is 83.8 Å². The Balaban J connectivity index is 1.88. The Morgan fingerprint density at radius 1 is 1.25 bits per heavy atom. The van der Waals surface area contributed by atoms with Gasteiger partial charge in [-0.15, -0.1) is 0 Å². The monoisotopic (exact) mass is 392 g/mol. The maximum Gasteiger partial charge on any atom is 0.341 e. The molecule has 1 aromatic rings. The second-order valence-electron chi connectivity index (χ2n) is 8.33. The Morgan fingerprint density at radius 3 is 2.75 bits per heavy atom.